The van der Waals surface area contributed by atoms with Gasteiger partial charge in [0.25, 0.3) is 17.5 Å². The number of nitrogens with zero attached hydrogens (tertiary/aromatic N) is 3. The van der Waals surface area contributed by atoms with Gasteiger partial charge in [0.2, 0.25) is 0 Å². The number of imide groups is 2. The summed E-state index contributed by atoms with van der Waals surface area (Å²) < 4.78 is 7.14. The number of carbonyl (C=O) groups excluding carboxylic acids is 3. The third kappa shape index (κ3) is 4.17. The van der Waals surface area contributed by atoms with Crippen LogP contribution in [0.5, 0.6) is 5.75 Å². The van der Waals surface area contributed by atoms with E-state index in [9.17, 15) is 24.5 Å². The summed E-state index contributed by atoms with van der Waals surface area (Å²) in [5.41, 5.74) is 3.26. The largest absolute Gasteiger partial charge is 0.495 e. The zero-order chi connectivity index (χ0) is 25.4. The standard InChI is InChI=1S/C25H22N4O6/c1-14-5-7-18(8-6-14)28-24(31)20(23(30)26-25(28)32)12-17-11-15(2)27(16(17)3)21-13-19(29(33)34)9-10-22(21)35-4/h5-13H,1-4H3,(H,26,30,32)/b20-12+. The Morgan fingerprint density at radius 1 is 1.00 bits per heavy atom. The number of ether oxygens (including phenoxy) is 1. The summed E-state index contributed by atoms with van der Waals surface area (Å²) >= 11 is 0. The molecular weight excluding hydrogens is 452 g/mol. The van der Waals surface area contributed by atoms with Crippen molar-refractivity contribution in [1.29, 1.82) is 0 Å². The average molecular weight is 474 g/mol. The number of urea groups is 1. The van der Waals surface area contributed by atoms with Gasteiger partial charge in [-0.05, 0) is 56.7 Å². The molecule has 35 heavy (non-hydrogen) atoms. The second-order valence-corrected chi connectivity index (χ2v) is 8.07. The Bertz CT molecular complexity index is 1420. The minimum atomic E-state index is -0.826. The number of non-ortho nitro benzene ring substituents is 1. The van der Waals surface area contributed by atoms with Crippen LogP contribution in [0.1, 0.15) is 22.5 Å². The molecule has 1 aliphatic rings. The molecule has 10 nitrogen and oxygen atoms in total. The highest BCUT2D eigenvalue weighted by atomic mass is 16.6. The molecule has 0 saturated carbocycles. The van der Waals surface area contributed by atoms with Crippen LogP contribution in [0.25, 0.3) is 11.8 Å². The van der Waals surface area contributed by atoms with Gasteiger partial charge in [-0.3, -0.25) is 25.0 Å². The third-order valence-electron chi connectivity index (χ3n) is 5.78. The van der Waals surface area contributed by atoms with Crippen molar-refractivity contribution >= 4 is 35.3 Å². The molecule has 0 spiro atoms. The number of hydrogen-bond acceptors (Lipinski definition) is 6. The van der Waals surface area contributed by atoms with E-state index in [1.54, 1.807) is 48.7 Å². The zero-order valence-corrected chi connectivity index (χ0v) is 19.5. The number of aromatic nitrogens is 1. The number of methoxy groups -OCH3 is 1. The van der Waals surface area contributed by atoms with Crippen molar-refractivity contribution in [2.45, 2.75) is 20.8 Å². The average Bonchev–Trinajstić information content (AvgIpc) is 3.09. The molecule has 2 heterocycles. The molecule has 0 unspecified atom stereocenters. The molecule has 1 fully saturated rings. The number of rotatable bonds is 5. The molecule has 0 radical (unpaired) electrons. The van der Waals surface area contributed by atoms with Crippen LogP contribution < -0.4 is 15.0 Å². The maximum Gasteiger partial charge on any atom is 0.335 e. The van der Waals surface area contributed by atoms with Gasteiger partial charge in [-0.2, -0.15) is 0 Å². The lowest BCUT2D eigenvalue weighted by Gasteiger charge is -2.26. The van der Waals surface area contributed by atoms with Gasteiger partial charge in [0.05, 0.1) is 23.4 Å². The Kier molecular flexibility index (Phi) is 5.96. The summed E-state index contributed by atoms with van der Waals surface area (Å²) in [6.07, 6.45) is 1.41. The lowest BCUT2D eigenvalue weighted by molar-refractivity contribution is -0.384. The first-order valence-electron chi connectivity index (χ1n) is 10.6. The second kappa shape index (κ2) is 8.90. The van der Waals surface area contributed by atoms with E-state index in [-0.39, 0.29) is 11.3 Å². The van der Waals surface area contributed by atoms with Gasteiger partial charge in [-0.1, -0.05) is 17.7 Å². The number of barbiturate groups is 1. The lowest BCUT2D eigenvalue weighted by atomic mass is 10.1. The number of nitro benzene ring substituents is 1. The van der Waals surface area contributed by atoms with Crippen molar-refractivity contribution < 1.29 is 24.0 Å². The minimum absolute atomic E-state index is 0.109. The Morgan fingerprint density at radius 3 is 2.31 bits per heavy atom. The predicted molar refractivity (Wildman–Crippen MR) is 129 cm³/mol. The second-order valence-electron chi connectivity index (χ2n) is 8.07. The van der Waals surface area contributed by atoms with E-state index in [2.05, 4.69) is 5.32 Å². The zero-order valence-electron chi connectivity index (χ0n) is 19.5. The van der Waals surface area contributed by atoms with Crippen molar-refractivity contribution in [2.75, 3.05) is 12.0 Å². The molecule has 1 N–H and O–H groups in total. The van der Waals surface area contributed by atoms with E-state index in [4.69, 9.17) is 4.74 Å². The highest BCUT2D eigenvalue weighted by molar-refractivity contribution is 6.39. The van der Waals surface area contributed by atoms with Crippen molar-refractivity contribution in [3.8, 4) is 11.4 Å². The van der Waals surface area contributed by atoms with Crippen molar-refractivity contribution in [1.82, 2.24) is 9.88 Å². The van der Waals surface area contributed by atoms with Crippen LogP contribution in [0.15, 0.2) is 54.1 Å². The molecule has 4 amide bonds. The lowest BCUT2D eigenvalue weighted by Crippen LogP contribution is -2.54. The Hall–Kier alpha value is -4.73. The highest BCUT2D eigenvalue weighted by Gasteiger charge is 2.37. The van der Waals surface area contributed by atoms with Crippen LogP contribution in [0.2, 0.25) is 0 Å². The van der Waals surface area contributed by atoms with E-state index in [0.717, 1.165) is 10.5 Å². The van der Waals surface area contributed by atoms with E-state index in [1.807, 2.05) is 6.92 Å². The maximum atomic E-state index is 13.2. The van der Waals surface area contributed by atoms with Crippen LogP contribution in [0, 0.1) is 30.9 Å². The number of benzene rings is 2. The smallest absolute Gasteiger partial charge is 0.335 e. The molecule has 1 aliphatic heterocycles. The fraction of sp³-hybridized carbons (Fsp3) is 0.160. The monoisotopic (exact) mass is 474 g/mol. The summed E-state index contributed by atoms with van der Waals surface area (Å²) in [5, 5.41) is 13.5. The molecule has 2 aromatic carbocycles. The fourth-order valence-electron chi connectivity index (χ4n) is 4.01. The number of amides is 4. The van der Waals surface area contributed by atoms with Crippen LogP contribution in [0.4, 0.5) is 16.2 Å². The number of anilines is 1. The summed E-state index contributed by atoms with van der Waals surface area (Å²) in [7, 11) is 1.46. The third-order valence-corrected chi connectivity index (χ3v) is 5.78. The van der Waals surface area contributed by atoms with Gasteiger partial charge in [0, 0.05) is 23.5 Å². The first kappa shape index (κ1) is 23.4. The number of nitrogens with one attached hydrogen (secondary N) is 1. The molecule has 1 saturated heterocycles. The summed E-state index contributed by atoms with van der Waals surface area (Å²) in [4.78, 5) is 50.0. The van der Waals surface area contributed by atoms with Crippen molar-refractivity contribution in [3.63, 3.8) is 0 Å². The summed E-state index contributed by atoms with van der Waals surface area (Å²) in [6, 6.07) is 11.9. The molecule has 3 aromatic rings. The molecule has 178 valence electrons. The fourth-order valence-corrected chi connectivity index (χ4v) is 4.01. The molecule has 0 atom stereocenters. The molecule has 0 aliphatic carbocycles. The van der Waals surface area contributed by atoms with Gasteiger partial charge in [-0.15, -0.1) is 0 Å². The predicted octanol–water partition coefficient (Wildman–Crippen LogP) is 3.99. The molecule has 10 heteroatoms. The Balaban J connectivity index is 1.80. The van der Waals surface area contributed by atoms with Gasteiger partial charge >= 0.3 is 6.03 Å². The van der Waals surface area contributed by atoms with E-state index < -0.39 is 22.8 Å². The van der Waals surface area contributed by atoms with Crippen LogP contribution in [-0.2, 0) is 9.59 Å². The van der Waals surface area contributed by atoms with E-state index in [0.29, 0.717) is 34.1 Å². The molecule has 1 aromatic heterocycles. The first-order valence-corrected chi connectivity index (χ1v) is 10.6. The summed E-state index contributed by atoms with van der Waals surface area (Å²) in [5.74, 6) is -1.14. The van der Waals surface area contributed by atoms with Gasteiger partial charge < -0.3 is 9.30 Å². The van der Waals surface area contributed by atoms with Crippen molar-refractivity contribution in [3.05, 3.63) is 86.7 Å². The quantitative estimate of drug-likeness (QED) is 0.258. The normalized spacial score (nSPS) is 14.9. The van der Waals surface area contributed by atoms with Crippen LogP contribution >= 0.6 is 0 Å². The molecule has 4 rings (SSSR count). The molecular formula is C25H22N4O6. The number of nitro groups is 1. The Morgan fingerprint density at radius 2 is 1.69 bits per heavy atom. The van der Waals surface area contributed by atoms with Gasteiger partial charge in [0.15, 0.2) is 0 Å². The first-order chi connectivity index (χ1) is 16.6. The van der Waals surface area contributed by atoms with Gasteiger partial charge in [-0.25, -0.2) is 9.69 Å². The number of carbonyl (C=O) groups is 3. The van der Waals surface area contributed by atoms with Gasteiger partial charge in [0.1, 0.15) is 11.3 Å². The summed E-state index contributed by atoms with van der Waals surface area (Å²) in [6.45, 7) is 5.42. The number of aryl methyl sites for hydroxylation is 2. The molecule has 0 bridgehead atoms. The van der Waals surface area contributed by atoms with E-state index in [1.165, 1.54) is 31.4 Å². The van der Waals surface area contributed by atoms with E-state index >= 15 is 0 Å². The maximum absolute atomic E-state index is 13.2. The SMILES string of the molecule is COc1ccc([N+](=O)[O-])cc1-n1c(C)cc(/C=C2\C(=O)NC(=O)N(c3ccc(C)cc3)C2=O)c1C. The van der Waals surface area contributed by atoms with Crippen molar-refractivity contribution in [2.24, 2.45) is 0 Å². The van der Waals surface area contributed by atoms with Crippen LogP contribution in [-0.4, -0.2) is 34.4 Å². The van der Waals surface area contributed by atoms with Crippen LogP contribution in [0.3, 0.4) is 0 Å². The minimum Gasteiger partial charge on any atom is -0.495 e. The number of hydrogen-bond donors (Lipinski definition) is 1. The topological polar surface area (TPSA) is 124 Å². The Labute approximate surface area is 200 Å². The highest BCUT2D eigenvalue weighted by Crippen LogP contribution is 2.32.